The summed E-state index contributed by atoms with van der Waals surface area (Å²) in [4.78, 5) is 23.3. The summed E-state index contributed by atoms with van der Waals surface area (Å²) in [5, 5.41) is 11.6. The van der Waals surface area contributed by atoms with Crippen molar-refractivity contribution in [2.45, 2.75) is 64.6 Å². The highest BCUT2D eigenvalue weighted by molar-refractivity contribution is 5.80. The third kappa shape index (κ3) is 14.8. The fraction of sp³-hybridized carbons (Fsp3) is 0.692. The zero-order chi connectivity index (χ0) is 26.9. The minimum atomic E-state index is -1.23. The molecule has 0 bridgehead atoms. The van der Waals surface area contributed by atoms with Crippen LogP contribution in [0, 0.1) is 0 Å². The number of carboxylic acid groups (broad SMARTS) is 1. The lowest BCUT2D eigenvalue weighted by atomic mass is 10.2. The molecule has 2 rings (SSSR count). The molecule has 0 aromatic heterocycles. The van der Waals surface area contributed by atoms with Crippen LogP contribution in [0.2, 0.25) is 0 Å². The summed E-state index contributed by atoms with van der Waals surface area (Å²) in [6, 6.07) is 6.04. The molecular formula is C26H41NO10. The van der Waals surface area contributed by atoms with Gasteiger partial charge in [-0.15, -0.1) is 0 Å². The average molecular weight is 528 g/mol. The van der Waals surface area contributed by atoms with Crippen molar-refractivity contribution in [3.05, 3.63) is 29.8 Å². The number of hydrogen-bond donors (Lipinski definition) is 2. The molecule has 1 saturated heterocycles. The molecule has 0 spiro atoms. The Kier molecular flexibility index (Phi) is 14.3. The van der Waals surface area contributed by atoms with Crippen LogP contribution in [-0.2, 0) is 39.8 Å². The van der Waals surface area contributed by atoms with Gasteiger partial charge in [-0.2, -0.15) is 0 Å². The zero-order valence-electron chi connectivity index (χ0n) is 22.1. The Morgan fingerprint density at radius 1 is 1.05 bits per heavy atom. The van der Waals surface area contributed by atoms with Crippen LogP contribution in [0.4, 0.5) is 4.79 Å². The second-order valence-electron chi connectivity index (χ2n) is 9.44. The number of ether oxygens (including phenoxy) is 7. The van der Waals surface area contributed by atoms with Crippen molar-refractivity contribution in [2.24, 2.45) is 0 Å². The first-order valence-corrected chi connectivity index (χ1v) is 12.6. The number of rotatable bonds is 17. The van der Waals surface area contributed by atoms with Crippen molar-refractivity contribution in [2.75, 3.05) is 52.9 Å². The van der Waals surface area contributed by atoms with E-state index in [0.717, 1.165) is 31.4 Å². The summed E-state index contributed by atoms with van der Waals surface area (Å²) in [6.45, 7) is 8.51. The van der Waals surface area contributed by atoms with Crippen LogP contribution in [0.15, 0.2) is 24.3 Å². The maximum Gasteiger partial charge on any atom is 0.408 e. The maximum atomic E-state index is 11.8. The van der Waals surface area contributed by atoms with Crippen LogP contribution in [-0.4, -0.2) is 88.0 Å². The van der Waals surface area contributed by atoms with Crippen LogP contribution in [0.3, 0.4) is 0 Å². The lowest BCUT2D eigenvalue weighted by Crippen LogP contribution is -2.46. The SMILES string of the molecule is CC(C)(C)OC(=O)N[C@H](COCc1cccc(OCCOCCOCCOC2CCCCO2)c1)C(=O)O. The normalized spacial score (nSPS) is 16.7. The van der Waals surface area contributed by atoms with Gasteiger partial charge in [-0.1, -0.05) is 12.1 Å². The van der Waals surface area contributed by atoms with E-state index in [0.29, 0.717) is 45.4 Å². The van der Waals surface area contributed by atoms with Crippen LogP contribution in [0.5, 0.6) is 5.75 Å². The zero-order valence-corrected chi connectivity index (χ0v) is 22.1. The molecular weight excluding hydrogens is 486 g/mol. The summed E-state index contributed by atoms with van der Waals surface area (Å²) in [7, 11) is 0. The smallest absolute Gasteiger partial charge is 0.408 e. The van der Waals surface area contributed by atoms with E-state index in [-0.39, 0.29) is 19.5 Å². The number of amides is 1. The van der Waals surface area contributed by atoms with Gasteiger partial charge in [-0.3, -0.25) is 0 Å². The first-order chi connectivity index (χ1) is 17.7. The van der Waals surface area contributed by atoms with E-state index in [1.807, 2.05) is 18.2 Å². The number of hydrogen-bond acceptors (Lipinski definition) is 9. The van der Waals surface area contributed by atoms with E-state index in [1.165, 1.54) is 0 Å². The largest absolute Gasteiger partial charge is 0.491 e. The maximum absolute atomic E-state index is 11.8. The molecule has 11 heteroatoms. The van der Waals surface area contributed by atoms with Gasteiger partial charge in [-0.05, 0) is 57.7 Å². The van der Waals surface area contributed by atoms with Gasteiger partial charge in [0.15, 0.2) is 12.3 Å². The molecule has 0 radical (unpaired) electrons. The Morgan fingerprint density at radius 2 is 1.78 bits per heavy atom. The van der Waals surface area contributed by atoms with Crippen molar-refractivity contribution >= 4 is 12.1 Å². The van der Waals surface area contributed by atoms with Crippen LogP contribution < -0.4 is 10.1 Å². The van der Waals surface area contributed by atoms with E-state index in [2.05, 4.69) is 5.32 Å². The molecule has 1 unspecified atom stereocenters. The van der Waals surface area contributed by atoms with Gasteiger partial charge in [0.2, 0.25) is 0 Å². The van der Waals surface area contributed by atoms with Crippen LogP contribution in [0.25, 0.3) is 0 Å². The number of carbonyl (C=O) groups is 2. The predicted octanol–water partition coefficient (Wildman–Crippen LogP) is 3.14. The highest BCUT2D eigenvalue weighted by Crippen LogP contribution is 2.15. The summed E-state index contributed by atoms with van der Waals surface area (Å²) < 4.78 is 38.4. The van der Waals surface area contributed by atoms with Gasteiger partial charge in [0.05, 0.1) is 46.2 Å². The number of carboxylic acids is 1. The third-order valence-electron chi connectivity index (χ3n) is 4.98. The molecule has 2 atom stereocenters. The Morgan fingerprint density at radius 3 is 2.46 bits per heavy atom. The number of aliphatic carboxylic acids is 1. The molecule has 1 heterocycles. The monoisotopic (exact) mass is 527 g/mol. The molecule has 11 nitrogen and oxygen atoms in total. The van der Waals surface area contributed by atoms with E-state index in [4.69, 9.17) is 33.2 Å². The summed E-state index contributed by atoms with van der Waals surface area (Å²) >= 11 is 0. The standard InChI is InChI=1S/C26H41NO10/c1-26(2,3)37-25(30)27-22(24(28)29)19-33-18-20-7-6-8-21(17-20)34-15-13-31-11-12-32-14-16-36-23-9-4-5-10-35-23/h6-8,17,22-23H,4-5,9-16,18-19H2,1-3H3,(H,27,30)(H,28,29)/t22-,23?/m1/s1. The predicted molar refractivity (Wildman–Crippen MR) is 134 cm³/mol. The minimum absolute atomic E-state index is 0.0985. The van der Waals surface area contributed by atoms with Crippen LogP contribution in [0.1, 0.15) is 45.6 Å². The Balaban J connectivity index is 1.54. The van der Waals surface area contributed by atoms with E-state index in [9.17, 15) is 14.7 Å². The number of carbonyl (C=O) groups excluding carboxylic acids is 1. The van der Waals surface area contributed by atoms with Crippen molar-refractivity contribution in [1.29, 1.82) is 0 Å². The second kappa shape index (κ2) is 17.1. The van der Waals surface area contributed by atoms with E-state index < -0.39 is 23.7 Å². The number of benzene rings is 1. The molecule has 1 aliphatic rings. The minimum Gasteiger partial charge on any atom is -0.491 e. The van der Waals surface area contributed by atoms with Gasteiger partial charge < -0.3 is 43.6 Å². The van der Waals surface area contributed by atoms with Gasteiger partial charge in [0, 0.05) is 6.61 Å². The molecule has 1 aromatic rings. The fourth-order valence-corrected chi connectivity index (χ4v) is 3.27. The van der Waals surface area contributed by atoms with Crippen molar-refractivity contribution in [1.82, 2.24) is 5.32 Å². The lowest BCUT2D eigenvalue weighted by Gasteiger charge is -2.22. The Bertz CT molecular complexity index is 792. The first kappa shape index (κ1) is 30.8. The summed E-state index contributed by atoms with van der Waals surface area (Å²) in [5.74, 6) is -0.569. The summed E-state index contributed by atoms with van der Waals surface area (Å²) in [6.07, 6.45) is 2.27. The van der Waals surface area contributed by atoms with Gasteiger partial charge in [-0.25, -0.2) is 9.59 Å². The molecule has 1 amide bonds. The highest BCUT2D eigenvalue weighted by Gasteiger charge is 2.24. The van der Waals surface area contributed by atoms with Gasteiger partial charge >= 0.3 is 12.1 Å². The van der Waals surface area contributed by atoms with Crippen molar-refractivity contribution < 1.29 is 47.9 Å². The average Bonchev–Trinajstić information content (AvgIpc) is 2.84. The molecule has 1 fully saturated rings. The number of nitrogens with one attached hydrogen (secondary N) is 1. The molecule has 210 valence electrons. The molecule has 0 saturated carbocycles. The molecule has 1 aliphatic heterocycles. The van der Waals surface area contributed by atoms with Crippen molar-refractivity contribution in [3.63, 3.8) is 0 Å². The lowest BCUT2D eigenvalue weighted by molar-refractivity contribution is -0.169. The van der Waals surface area contributed by atoms with Crippen molar-refractivity contribution in [3.8, 4) is 5.75 Å². The second-order valence-corrected chi connectivity index (χ2v) is 9.44. The summed E-state index contributed by atoms with van der Waals surface area (Å²) in [5.41, 5.74) is 0.0706. The highest BCUT2D eigenvalue weighted by atomic mass is 16.7. The van der Waals surface area contributed by atoms with Gasteiger partial charge in [0.25, 0.3) is 0 Å². The molecule has 2 N–H and O–H groups in total. The van der Waals surface area contributed by atoms with E-state index in [1.54, 1.807) is 26.8 Å². The topological polar surface area (TPSA) is 131 Å². The molecule has 37 heavy (non-hydrogen) atoms. The fourth-order valence-electron chi connectivity index (χ4n) is 3.27. The quantitative estimate of drug-likeness (QED) is 0.291. The number of alkyl carbamates (subject to hydrolysis) is 1. The third-order valence-corrected chi connectivity index (χ3v) is 4.98. The Labute approximate surface area is 218 Å². The van der Waals surface area contributed by atoms with Gasteiger partial charge in [0.1, 0.15) is 18.0 Å². The van der Waals surface area contributed by atoms with Crippen LogP contribution >= 0.6 is 0 Å². The first-order valence-electron chi connectivity index (χ1n) is 12.6. The van der Waals surface area contributed by atoms with E-state index >= 15 is 0 Å². The Hall–Kier alpha value is -2.44. The molecule has 1 aromatic carbocycles. The molecule has 0 aliphatic carbocycles.